The number of carbonyl (C=O) groups is 1. The fraction of sp³-hybridized carbons (Fsp3) is 0. The fourth-order valence-corrected chi connectivity index (χ4v) is 2.13. The second-order valence-corrected chi connectivity index (χ2v) is 4.46. The van der Waals surface area contributed by atoms with E-state index in [4.69, 9.17) is 11.6 Å². The van der Waals surface area contributed by atoms with Gasteiger partial charge in [0.25, 0.3) is 5.91 Å². The van der Waals surface area contributed by atoms with Crippen molar-refractivity contribution in [1.82, 2.24) is 4.98 Å². The molecule has 0 unspecified atom stereocenters. The van der Waals surface area contributed by atoms with Gasteiger partial charge < -0.3 is 5.32 Å². The Morgan fingerprint density at radius 2 is 2.11 bits per heavy atom. The van der Waals surface area contributed by atoms with E-state index in [1.165, 1.54) is 12.1 Å². The van der Waals surface area contributed by atoms with Crippen molar-refractivity contribution in [2.24, 2.45) is 0 Å². The lowest BCUT2D eigenvalue weighted by Gasteiger charge is -2.01. The lowest BCUT2D eigenvalue weighted by Crippen LogP contribution is -2.04. The quantitative estimate of drug-likeness (QED) is 0.810. The maximum atomic E-state index is 13.8. The number of hydrogen-bond donors (Lipinski definition) is 1. The Morgan fingerprint density at radius 3 is 2.95 bits per heavy atom. The van der Waals surface area contributed by atoms with E-state index in [2.05, 4.69) is 10.3 Å². The van der Waals surface area contributed by atoms with Crippen LogP contribution >= 0.6 is 11.6 Å². The molecule has 1 aromatic heterocycles. The van der Waals surface area contributed by atoms with E-state index in [1.54, 1.807) is 30.5 Å². The van der Waals surface area contributed by atoms with Crippen molar-refractivity contribution < 1.29 is 9.18 Å². The van der Waals surface area contributed by atoms with Crippen LogP contribution in [-0.4, -0.2) is 10.9 Å². The summed E-state index contributed by atoms with van der Waals surface area (Å²) in [6, 6.07) is 8.14. The molecule has 3 nitrogen and oxygen atoms in total. The van der Waals surface area contributed by atoms with Gasteiger partial charge in [-0.2, -0.15) is 0 Å². The Morgan fingerprint density at radius 1 is 1.26 bits per heavy atom. The predicted molar refractivity (Wildman–Crippen MR) is 72.1 cm³/mol. The van der Waals surface area contributed by atoms with Crippen molar-refractivity contribution in [1.29, 1.82) is 0 Å². The van der Waals surface area contributed by atoms with E-state index in [-0.39, 0.29) is 16.5 Å². The molecule has 1 amide bonds. The van der Waals surface area contributed by atoms with E-state index in [0.717, 1.165) is 0 Å². The predicted octanol–water partition coefficient (Wildman–Crippen LogP) is 3.37. The molecule has 3 rings (SSSR count). The molecule has 1 aliphatic heterocycles. The molecular formula is C14H8ClFN2O. The first-order valence-corrected chi connectivity index (χ1v) is 5.97. The Labute approximate surface area is 113 Å². The number of rotatable bonds is 1. The number of nitrogens with zero attached hydrogens (tertiary/aromatic N) is 1. The van der Waals surface area contributed by atoms with Gasteiger partial charge in [0.15, 0.2) is 0 Å². The molecule has 1 N–H and O–H groups in total. The molecule has 5 heteroatoms. The van der Waals surface area contributed by atoms with Gasteiger partial charge in [0.05, 0.1) is 10.6 Å². The van der Waals surface area contributed by atoms with Crippen LogP contribution in [0.2, 0.25) is 5.02 Å². The molecule has 0 saturated heterocycles. The number of pyridine rings is 1. The first-order valence-electron chi connectivity index (χ1n) is 5.59. The molecule has 2 heterocycles. The number of fused-ring (bicyclic) bond motifs is 1. The zero-order chi connectivity index (χ0) is 13.4. The molecule has 0 bridgehead atoms. The molecule has 2 aromatic rings. The van der Waals surface area contributed by atoms with Crippen molar-refractivity contribution in [3.05, 3.63) is 58.5 Å². The van der Waals surface area contributed by atoms with Crippen LogP contribution in [-0.2, 0) is 4.79 Å². The monoisotopic (exact) mass is 274 g/mol. The van der Waals surface area contributed by atoms with Crippen molar-refractivity contribution in [2.45, 2.75) is 0 Å². The van der Waals surface area contributed by atoms with Crippen LogP contribution < -0.4 is 5.32 Å². The van der Waals surface area contributed by atoms with Gasteiger partial charge in [0.1, 0.15) is 11.6 Å². The molecule has 0 spiro atoms. The van der Waals surface area contributed by atoms with E-state index < -0.39 is 5.82 Å². The second kappa shape index (κ2) is 4.48. The minimum atomic E-state index is -0.540. The Hall–Kier alpha value is -2.20. The number of hydrogen-bond acceptors (Lipinski definition) is 2. The second-order valence-electron chi connectivity index (χ2n) is 4.05. The van der Waals surface area contributed by atoms with Gasteiger partial charge in [-0.3, -0.25) is 4.79 Å². The molecule has 0 radical (unpaired) electrons. The van der Waals surface area contributed by atoms with Crippen LogP contribution in [0.15, 0.2) is 36.5 Å². The lowest BCUT2D eigenvalue weighted by molar-refractivity contribution is -0.110. The van der Waals surface area contributed by atoms with E-state index in [9.17, 15) is 9.18 Å². The highest BCUT2D eigenvalue weighted by Crippen LogP contribution is 2.32. The molecule has 0 fully saturated rings. The number of anilines is 1. The van der Waals surface area contributed by atoms with Gasteiger partial charge in [-0.05, 0) is 24.3 Å². The lowest BCUT2D eigenvalue weighted by atomic mass is 10.1. The fourth-order valence-electron chi connectivity index (χ4n) is 1.95. The van der Waals surface area contributed by atoms with Crippen LogP contribution in [0.5, 0.6) is 0 Å². The molecular weight excluding hydrogens is 267 g/mol. The molecule has 1 aliphatic rings. The maximum Gasteiger partial charge on any atom is 0.257 e. The molecule has 19 heavy (non-hydrogen) atoms. The highest BCUT2D eigenvalue weighted by molar-refractivity contribution is 6.34. The number of aromatic nitrogens is 1. The van der Waals surface area contributed by atoms with Crippen molar-refractivity contribution in [2.75, 3.05) is 5.32 Å². The summed E-state index contributed by atoms with van der Waals surface area (Å²) in [6.45, 7) is 0. The number of benzene rings is 1. The third-order valence-electron chi connectivity index (χ3n) is 2.86. The number of amides is 1. The van der Waals surface area contributed by atoms with E-state index in [0.29, 0.717) is 17.0 Å². The summed E-state index contributed by atoms with van der Waals surface area (Å²) < 4.78 is 13.8. The highest BCUT2D eigenvalue weighted by atomic mass is 35.5. The number of nitrogens with one attached hydrogen (secondary N) is 1. The van der Waals surface area contributed by atoms with Gasteiger partial charge in [0, 0.05) is 17.3 Å². The molecule has 0 aliphatic carbocycles. The van der Waals surface area contributed by atoms with Crippen LogP contribution in [0.25, 0.3) is 11.6 Å². The normalized spacial score (nSPS) is 15.5. The van der Waals surface area contributed by atoms with Gasteiger partial charge >= 0.3 is 0 Å². The summed E-state index contributed by atoms with van der Waals surface area (Å²) in [5, 5.41) is 2.66. The third kappa shape index (κ3) is 2.00. The number of halogens is 2. The van der Waals surface area contributed by atoms with Crippen molar-refractivity contribution in [3.8, 4) is 0 Å². The Bertz CT molecular complexity index is 712. The highest BCUT2D eigenvalue weighted by Gasteiger charge is 2.25. The molecule has 0 saturated carbocycles. The van der Waals surface area contributed by atoms with Gasteiger partial charge in [0.2, 0.25) is 0 Å². The zero-order valence-electron chi connectivity index (χ0n) is 9.65. The SMILES string of the molecule is O=C1Nc2ncccc2/C1=C/c1cccc(Cl)c1F. The van der Waals surface area contributed by atoms with Crippen molar-refractivity contribution in [3.63, 3.8) is 0 Å². The summed E-state index contributed by atoms with van der Waals surface area (Å²) in [5.74, 6) is -0.351. The van der Waals surface area contributed by atoms with E-state index >= 15 is 0 Å². The Kier molecular flexibility index (Phi) is 2.80. The van der Waals surface area contributed by atoms with Crippen LogP contribution in [0, 0.1) is 5.82 Å². The Balaban J connectivity index is 2.14. The smallest absolute Gasteiger partial charge is 0.257 e. The maximum absolute atomic E-state index is 13.8. The largest absolute Gasteiger partial charge is 0.306 e. The molecule has 0 atom stereocenters. The van der Waals surface area contributed by atoms with E-state index in [1.807, 2.05) is 0 Å². The first-order chi connectivity index (χ1) is 9.16. The average Bonchev–Trinajstić information content (AvgIpc) is 2.72. The molecule has 94 valence electrons. The first kappa shape index (κ1) is 11.9. The minimum Gasteiger partial charge on any atom is -0.306 e. The van der Waals surface area contributed by atoms with Gasteiger partial charge in [-0.15, -0.1) is 0 Å². The summed E-state index contributed by atoms with van der Waals surface area (Å²) in [6.07, 6.45) is 3.06. The summed E-state index contributed by atoms with van der Waals surface area (Å²) in [7, 11) is 0. The average molecular weight is 275 g/mol. The van der Waals surface area contributed by atoms with Gasteiger partial charge in [-0.1, -0.05) is 23.7 Å². The third-order valence-corrected chi connectivity index (χ3v) is 3.15. The van der Waals surface area contributed by atoms with Crippen LogP contribution in [0.4, 0.5) is 10.2 Å². The number of carbonyl (C=O) groups excluding carboxylic acids is 1. The zero-order valence-corrected chi connectivity index (χ0v) is 10.4. The molecule has 1 aromatic carbocycles. The van der Waals surface area contributed by atoms with Crippen molar-refractivity contribution >= 4 is 35.0 Å². The summed E-state index contributed by atoms with van der Waals surface area (Å²) >= 11 is 5.72. The van der Waals surface area contributed by atoms with Crippen LogP contribution in [0.1, 0.15) is 11.1 Å². The topological polar surface area (TPSA) is 42.0 Å². The summed E-state index contributed by atoms with van der Waals surface area (Å²) in [4.78, 5) is 15.9. The van der Waals surface area contributed by atoms with Crippen LogP contribution in [0.3, 0.4) is 0 Å². The standard InChI is InChI=1S/C14H8ClFN2O/c15-11-5-1-3-8(12(11)16)7-10-9-4-2-6-17-13(9)18-14(10)19/h1-7H,(H,17,18,19)/b10-7-. The summed E-state index contributed by atoms with van der Waals surface area (Å²) in [5.41, 5.74) is 1.31. The minimum absolute atomic E-state index is 0.0270. The van der Waals surface area contributed by atoms with Gasteiger partial charge in [-0.25, -0.2) is 9.37 Å².